The molecule has 2 N–H and O–H groups in total. The molecule has 3 fully saturated rings. The predicted octanol–water partition coefficient (Wildman–Crippen LogP) is 1.12. The summed E-state index contributed by atoms with van der Waals surface area (Å²) in [5, 5.41) is 13.5. The molecule has 2 bridgehead atoms. The molecule has 0 aromatic heterocycles. The fourth-order valence-corrected chi connectivity index (χ4v) is 3.92. The summed E-state index contributed by atoms with van der Waals surface area (Å²) >= 11 is 0. The molecule has 1 amide bonds. The van der Waals surface area contributed by atoms with E-state index in [4.69, 9.17) is 0 Å². The monoisotopic (exact) mass is 345 g/mol. The maximum atomic E-state index is 12.8. The van der Waals surface area contributed by atoms with Crippen LogP contribution >= 0.6 is 0 Å². The fraction of sp³-hybridized carbons (Fsp3) is 0.650. The van der Waals surface area contributed by atoms with Gasteiger partial charge in [-0.3, -0.25) is 14.6 Å². The highest BCUT2D eigenvalue weighted by molar-refractivity contribution is 5.82. The van der Waals surface area contributed by atoms with Crippen LogP contribution in [0.1, 0.15) is 25.8 Å². The van der Waals surface area contributed by atoms with E-state index < -0.39 is 6.10 Å². The van der Waals surface area contributed by atoms with Gasteiger partial charge in [0.1, 0.15) is 6.04 Å². The SMILES string of the molecule is CC(O)C(C)(CNC(=O)C1CN2CCCN1CC2)Cc1ccccc1. The number of aliphatic hydroxyl groups excluding tert-OH is 1. The number of carbonyl (C=O) groups is 1. The highest BCUT2D eigenvalue weighted by Gasteiger charge is 2.36. The summed E-state index contributed by atoms with van der Waals surface area (Å²) in [6.07, 6.45) is 1.39. The Kier molecular flexibility index (Phi) is 5.77. The standard InChI is InChI=1S/C20H31N3O2/c1-16(24)20(2,13-17-7-4-3-5-8-17)15-21-19(25)18-14-22-9-6-10-23(18)12-11-22/h3-5,7-8,16,18,24H,6,9-15H2,1-2H3,(H,21,25). The van der Waals surface area contributed by atoms with Crippen molar-refractivity contribution in [2.75, 3.05) is 39.3 Å². The molecule has 3 aliphatic rings. The molecular formula is C20H31N3O2. The number of hydrogen-bond acceptors (Lipinski definition) is 4. The number of aliphatic hydroxyl groups is 1. The quantitative estimate of drug-likeness (QED) is 0.811. The molecule has 138 valence electrons. The molecule has 5 atom stereocenters. The molecule has 3 aliphatic heterocycles. The van der Waals surface area contributed by atoms with Crippen LogP contribution in [-0.2, 0) is 11.2 Å². The van der Waals surface area contributed by atoms with Crippen molar-refractivity contribution in [3.05, 3.63) is 35.9 Å². The zero-order valence-corrected chi connectivity index (χ0v) is 15.4. The largest absolute Gasteiger partial charge is 0.393 e. The minimum atomic E-state index is -0.498. The minimum Gasteiger partial charge on any atom is -0.393 e. The van der Waals surface area contributed by atoms with Gasteiger partial charge in [0.2, 0.25) is 5.91 Å². The normalized spacial score (nSPS) is 29.5. The average molecular weight is 345 g/mol. The minimum absolute atomic E-state index is 0.0498. The van der Waals surface area contributed by atoms with Gasteiger partial charge < -0.3 is 10.4 Å². The number of amides is 1. The Morgan fingerprint density at radius 3 is 2.76 bits per heavy atom. The number of fused-ring (bicyclic) bond motifs is 4. The second-order valence-corrected chi connectivity index (χ2v) is 7.92. The number of piperazine rings is 1. The van der Waals surface area contributed by atoms with Crippen LogP contribution in [0.2, 0.25) is 0 Å². The maximum Gasteiger partial charge on any atom is 0.238 e. The Balaban J connectivity index is 1.62. The summed E-state index contributed by atoms with van der Waals surface area (Å²) in [6.45, 7) is 9.34. The lowest BCUT2D eigenvalue weighted by atomic mass is 9.79. The molecule has 0 radical (unpaired) electrons. The van der Waals surface area contributed by atoms with Crippen molar-refractivity contribution >= 4 is 5.91 Å². The Morgan fingerprint density at radius 2 is 2.04 bits per heavy atom. The number of nitrogens with one attached hydrogen (secondary N) is 1. The molecule has 0 aliphatic carbocycles. The lowest BCUT2D eigenvalue weighted by molar-refractivity contribution is -0.128. The first-order valence-corrected chi connectivity index (χ1v) is 9.44. The van der Waals surface area contributed by atoms with Crippen LogP contribution in [0.3, 0.4) is 0 Å². The van der Waals surface area contributed by atoms with Crippen LogP contribution < -0.4 is 5.32 Å². The van der Waals surface area contributed by atoms with Gasteiger partial charge in [-0.25, -0.2) is 0 Å². The van der Waals surface area contributed by atoms with Gasteiger partial charge >= 0.3 is 0 Å². The van der Waals surface area contributed by atoms with Gasteiger partial charge in [-0.15, -0.1) is 0 Å². The van der Waals surface area contributed by atoms with Crippen molar-refractivity contribution < 1.29 is 9.90 Å². The first-order valence-electron chi connectivity index (χ1n) is 9.44. The van der Waals surface area contributed by atoms with E-state index in [9.17, 15) is 9.90 Å². The zero-order chi connectivity index (χ0) is 17.9. The van der Waals surface area contributed by atoms with E-state index in [0.717, 1.165) is 45.6 Å². The lowest BCUT2D eigenvalue weighted by Gasteiger charge is -2.38. The van der Waals surface area contributed by atoms with Gasteiger partial charge in [-0.1, -0.05) is 37.3 Å². The summed E-state index contributed by atoms with van der Waals surface area (Å²) < 4.78 is 0. The molecule has 1 aromatic rings. The van der Waals surface area contributed by atoms with Crippen LogP contribution in [-0.4, -0.2) is 72.2 Å². The van der Waals surface area contributed by atoms with Crippen LogP contribution in [0.5, 0.6) is 0 Å². The number of benzene rings is 1. The molecule has 5 heteroatoms. The fourth-order valence-electron chi connectivity index (χ4n) is 3.92. The van der Waals surface area contributed by atoms with E-state index in [-0.39, 0.29) is 17.4 Å². The van der Waals surface area contributed by atoms with Gasteiger partial charge in [0.05, 0.1) is 6.10 Å². The summed E-state index contributed by atoms with van der Waals surface area (Å²) in [5.41, 5.74) is 0.805. The molecule has 1 aromatic carbocycles. The average Bonchev–Trinajstić information content (AvgIpc) is 2.96. The second-order valence-electron chi connectivity index (χ2n) is 7.92. The van der Waals surface area contributed by atoms with Crippen LogP contribution in [0.25, 0.3) is 0 Å². The van der Waals surface area contributed by atoms with E-state index in [0.29, 0.717) is 6.54 Å². The first-order chi connectivity index (χ1) is 12.0. The van der Waals surface area contributed by atoms with Crippen molar-refractivity contribution in [3.63, 3.8) is 0 Å². The molecule has 25 heavy (non-hydrogen) atoms. The van der Waals surface area contributed by atoms with E-state index in [1.165, 1.54) is 5.56 Å². The molecule has 0 spiro atoms. The highest BCUT2D eigenvalue weighted by Crippen LogP contribution is 2.26. The molecule has 0 saturated carbocycles. The third-order valence-electron chi connectivity index (χ3n) is 5.92. The zero-order valence-electron chi connectivity index (χ0n) is 15.4. The van der Waals surface area contributed by atoms with Gasteiger partial charge in [0, 0.05) is 38.1 Å². The maximum absolute atomic E-state index is 12.8. The Morgan fingerprint density at radius 1 is 1.28 bits per heavy atom. The smallest absolute Gasteiger partial charge is 0.238 e. The van der Waals surface area contributed by atoms with Crippen LogP contribution in [0.15, 0.2) is 30.3 Å². The number of nitrogens with zero attached hydrogens (tertiary/aromatic N) is 2. The Labute approximate surface area is 151 Å². The van der Waals surface area contributed by atoms with Gasteiger partial charge in [0.15, 0.2) is 0 Å². The third-order valence-corrected chi connectivity index (χ3v) is 5.92. The first kappa shape index (κ1) is 18.4. The number of hydrogen-bond donors (Lipinski definition) is 2. The van der Waals surface area contributed by atoms with Gasteiger partial charge in [-0.2, -0.15) is 0 Å². The van der Waals surface area contributed by atoms with Crippen molar-refractivity contribution in [2.24, 2.45) is 5.41 Å². The topological polar surface area (TPSA) is 55.8 Å². The van der Waals surface area contributed by atoms with Crippen molar-refractivity contribution in [1.82, 2.24) is 15.1 Å². The molecule has 3 heterocycles. The van der Waals surface area contributed by atoms with E-state index in [1.54, 1.807) is 0 Å². The molecule has 4 rings (SSSR count). The summed E-state index contributed by atoms with van der Waals surface area (Å²) in [6, 6.07) is 10.1. The van der Waals surface area contributed by atoms with Gasteiger partial charge in [0.25, 0.3) is 0 Å². The molecule has 5 unspecified atom stereocenters. The van der Waals surface area contributed by atoms with Crippen molar-refractivity contribution in [3.8, 4) is 0 Å². The second kappa shape index (κ2) is 7.85. The van der Waals surface area contributed by atoms with Crippen molar-refractivity contribution in [1.29, 1.82) is 0 Å². The van der Waals surface area contributed by atoms with E-state index >= 15 is 0 Å². The molecule has 3 saturated heterocycles. The van der Waals surface area contributed by atoms with Crippen LogP contribution in [0, 0.1) is 5.41 Å². The van der Waals surface area contributed by atoms with Crippen LogP contribution in [0.4, 0.5) is 0 Å². The van der Waals surface area contributed by atoms with E-state index in [1.807, 2.05) is 32.0 Å². The highest BCUT2D eigenvalue weighted by atomic mass is 16.3. The van der Waals surface area contributed by atoms with E-state index in [2.05, 4.69) is 27.2 Å². The molecule has 5 nitrogen and oxygen atoms in total. The van der Waals surface area contributed by atoms with Gasteiger partial charge in [-0.05, 0) is 31.9 Å². The number of carbonyl (C=O) groups excluding carboxylic acids is 1. The summed E-state index contributed by atoms with van der Waals surface area (Å²) in [5.74, 6) is 0.103. The summed E-state index contributed by atoms with van der Waals surface area (Å²) in [7, 11) is 0. The Bertz CT molecular complexity index is 574. The lowest BCUT2D eigenvalue weighted by Crippen LogP contribution is -2.58. The predicted molar refractivity (Wildman–Crippen MR) is 99.4 cm³/mol. The summed E-state index contributed by atoms with van der Waals surface area (Å²) in [4.78, 5) is 17.5. The third kappa shape index (κ3) is 4.40. The molecular weight excluding hydrogens is 314 g/mol. The van der Waals surface area contributed by atoms with Crippen molar-refractivity contribution in [2.45, 2.75) is 38.8 Å². The number of rotatable bonds is 6. The Hall–Kier alpha value is -1.43.